The number of aromatic nitrogens is 3. The second-order valence-electron chi connectivity index (χ2n) is 10.2. The van der Waals surface area contributed by atoms with Gasteiger partial charge in [-0.15, -0.1) is 0 Å². The van der Waals surface area contributed by atoms with Crippen LogP contribution in [-0.4, -0.2) is 50.8 Å². The summed E-state index contributed by atoms with van der Waals surface area (Å²) in [5, 5.41) is 13.6. The highest BCUT2D eigenvalue weighted by Crippen LogP contribution is 2.31. The van der Waals surface area contributed by atoms with Gasteiger partial charge in [-0.2, -0.15) is 4.98 Å². The lowest BCUT2D eigenvalue weighted by Gasteiger charge is -2.15. The molecule has 4 aromatic rings. The molecular formula is C29H36ClFN8O2. The van der Waals surface area contributed by atoms with Crippen LogP contribution in [0.25, 0.3) is 28.0 Å². The van der Waals surface area contributed by atoms with Crippen LogP contribution >= 0.6 is 11.6 Å². The van der Waals surface area contributed by atoms with Crippen LogP contribution in [0, 0.1) is 5.82 Å². The van der Waals surface area contributed by atoms with Crippen LogP contribution in [-0.2, 0) is 13.0 Å². The molecule has 2 unspecified atom stereocenters. The number of halogens is 2. The van der Waals surface area contributed by atoms with E-state index < -0.39 is 11.5 Å². The number of rotatable bonds is 13. The Kier molecular flexibility index (Phi) is 10.1. The predicted molar refractivity (Wildman–Crippen MR) is 162 cm³/mol. The number of H-pyrrole nitrogens is 1. The van der Waals surface area contributed by atoms with Gasteiger partial charge in [-0.05, 0) is 74.1 Å². The van der Waals surface area contributed by atoms with Gasteiger partial charge >= 0.3 is 5.69 Å². The second kappa shape index (κ2) is 13.7. The van der Waals surface area contributed by atoms with Crippen LogP contribution in [0.15, 0.2) is 58.4 Å². The molecule has 0 aliphatic rings. The third-order valence-electron chi connectivity index (χ3n) is 6.81. The summed E-state index contributed by atoms with van der Waals surface area (Å²) >= 11 is 6.22. The topological polar surface area (TPSA) is 173 Å². The predicted octanol–water partition coefficient (Wildman–Crippen LogP) is 2.96. The molecule has 0 saturated heterocycles. The number of aliphatic hydroxyl groups is 1. The van der Waals surface area contributed by atoms with Crippen molar-refractivity contribution in [2.24, 2.45) is 22.2 Å². The molecule has 0 spiro atoms. The molecule has 0 aliphatic carbocycles. The van der Waals surface area contributed by atoms with E-state index in [4.69, 9.17) is 28.8 Å². The summed E-state index contributed by atoms with van der Waals surface area (Å²) in [6.07, 6.45) is 4.70. The maximum Gasteiger partial charge on any atom is 0.354 e. The van der Waals surface area contributed by atoms with Gasteiger partial charge in [0.2, 0.25) is 0 Å². The van der Waals surface area contributed by atoms with Gasteiger partial charge in [-0.25, -0.2) is 9.18 Å². The standard InChI is InChI=1S/C29H36ClFN8O2/c1-17(32)3-2-4-19-11-23(26(31)24(30)12-19)25-13-20-15-39(29(41)38-27(20)37-25)22-7-5-18(6-8-22)14-36-21(16-40)9-10-35-28(33)34/h5-8,11-13,15,17,21,36,40H,2-4,9-10,14,16,32H2,1H3,(H4,33,34,35)(H,37,38,41). The maximum absolute atomic E-state index is 15.0. The van der Waals surface area contributed by atoms with Gasteiger partial charge in [0.1, 0.15) is 5.65 Å². The van der Waals surface area contributed by atoms with Crippen LogP contribution in [0.5, 0.6) is 0 Å². The molecule has 0 radical (unpaired) electrons. The van der Waals surface area contributed by atoms with Crippen LogP contribution in [0.4, 0.5) is 4.39 Å². The summed E-state index contributed by atoms with van der Waals surface area (Å²) in [5.41, 5.74) is 19.7. The SMILES string of the molecule is CC(N)CCCc1cc(Cl)c(F)c(-c2cc3cn(-c4ccc(CNC(CO)CCN=C(N)N)cc4)c(=O)nc3[nH]2)c1. The molecule has 10 nitrogen and oxygen atoms in total. The van der Waals surface area contributed by atoms with E-state index in [1.165, 1.54) is 4.57 Å². The number of guanidine groups is 1. The molecule has 2 heterocycles. The Morgan fingerprint density at radius 3 is 2.63 bits per heavy atom. The van der Waals surface area contributed by atoms with Crippen molar-refractivity contribution in [1.82, 2.24) is 19.9 Å². The van der Waals surface area contributed by atoms with E-state index in [0.29, 0.717) is 47.5 Å². The normalized spacial score (nSPS) is 12.9. The molecule has 9 N–H and O–H groups in total. The van der Waals surface area contributed by atoms with E-state index in [9.17, 15) is 9.90 Å². The van der Waals surface area contributed by atoms with Crippen molar-refractivity contribution < 1.29 is 9.50 Å². The smallest absolute Gasteiger partial charge is 0.354 e. The van der Waals surface area contributed by atoms with Crippen LogP contribution < -0.4 is 28.2 Å². The molecule has 12 heteroatoms. The van der Waals surface area contributed by atoms with Crippen molar-refractivity contribution in [2.45, 2.75) is 51.2 Å². The van der Waals surface area contributed by atoms with E-state index in [1.807, 2.05) is 31.2 Å². The lowest BCUT2D eigenvalue weighted by Crippen LogP contribution is -2.33. The first kappa shape index (κ1) is 30.2. The Hall–Kier alpha value is -3.77. The lowest BCUT2D eigenvalue weighted by atomic mass is 10.0. The Morgan fingerprint density at radius 2 is 1.95 bits per heavy atom. The molecule has 0 aliphatic heterocycles. The molecule has 4 rings (SSSR count). The van der Waals surface area contributed by atoms with Crippen molar-refractivity contribution in [2.75, 3.05) is 13.2 Å². The van der Waals surface area contributed by atoms with Crippen LogP contribution in [0.2, 0.25) is 5.02 Å². The van der Waals surface area contributed by atoms with Gasteiger partial charge in [0.05, 0.1) is 23.0 Å². The first-order valence-corrected chi connectivity index (χ1v) is 13.9. The molecule has 2 atom stereocenters. The average molecular weight is 583 g/mol. The molecule has 0 fully saturated rings. The van der Waals surface area contributed by atoms with Gasteiger partial charge < -0.3 is 32.6 Å². The number of hydrogen-bond acceptors (Lipinski definition) is 6. The Bertz CT molecular complexity index is 1560. The summed E-state index contributed by atoms with van der Waals surface area (Å²) in [6.45, 7) is 2.83. The van der Waals surface area contributed by atoms with E-state index >= 15 is 4.39 Å². The number of aliphatic hydroxyl groups excluding tert-OH is 1. The number of benzene rings is 2. The zero-order valence-electron chi connectivity index (χ0n) is 22.9. The minimum atomic E-state index is -0.534. The highest BCUT2D eigenvalue weighted by Gasteiger charge is 2.16. The molecule has 0 amide bonds. The van der Waals surface area contributed by atoms with Gasteiger partial charge in [0, 0.05) is 42.3 Å². The Morgan fingerprint density at radius 1 is 1.20 bits per heavy atom. The van der Waals surface area contributed by atoms with Crippen molar-refractivity contribution in [3.63, 3.8) is 0 Å². The first-order valence-electron chi connectivity index (χ1n) is 13.5. The summed E-state index contributed by atoms with van der Waals surface area (Å²) in [4.78, 5) is 24.1. The highest BCUT2D eigenvalue weighted by atomic mass is 35.5. The van der Waals surface area contributed by atoms with Crippen LogP contribution in [0.1, 0.15) is 37.3 Å². The third-order valence-corrected chi connectivity index (χ3v) is 7.09. The number of aryl methyl sites for hydroxylation is 1. The largest absolute Gasteiger partial charge is 0.395 e. The van der Waals surface area contributed by atoms with Gasteiger partial charge in [-0.3, -0.25) is 9.56 Å². The number of aromatic amines is 1. The molecule has 218 valence electrons. The quantitative estimate of drug-likeness (QED) is 0.104. The monoisotopic (exact) mass is 582 g/mol. The molecule has 0 saturated carbocycles. The fraction of sp³-hybridized carbons (Fsp3) is 0.345. The molecular weight excluding hydrogens is 547 g/mol. The van der Waals surface area contributed by atoms with Gasteiger partial charge in [-0.1, -0.05) is 23.7 Å². The molecule has 41 heavy (non-hydrogen) atoms. The molecule has 2 aromatic heterocycles. The second-order valence-corrected chi connectivity index (χ2v) is 10.6. The van der Waals surface area contributed by atoms with Crippen molar-refractivity contribution in [1.29, 1.82) is 0 Å². The van der Waals surface area contributed by atoms with Crippen molar-refractivity contribution >= 4 is 28.6 Å². The zero-order chi connectivity index (χ0) is 29.5. The van der Waals surface area contributed by atoms with E-state index in [1.54, 1.807) is 24.4 Å². The highest BCUT2D eigenvalue weighted by molar-refractivity contribution is 6.31. The molecule has 2 aromatic carbocycles. The summed E-state index contributed by atoms with van der Waals surface area (Å²) in [7, 11) is 0. The average Bonchev–Trinajstić information content (AvgIpc) is 3.34. The summed E-state index contributed by atoms with van der Waals surface area (Å²) in [5.74, 6) is -0.515. The summed E-state index contributed by atoms with van der Waals surface area (Å²) < 4.78 is 16.5. The van der Waals surface area contributed by atoms with E-state index in [-0.39, 0.29) is 29.7 Å². The number of nitrogens with two attached hydrogens (primary N) is 3. The summed E-state index contributed by atoms with van der Waals surface area (Å²) in [6, 6.07) is 12.5. The Balaban J connectivity index is 1.52. The van der Waals surface area contributed by atoms with E-state index in [0.717, 1.165) is 30.4 Å². The fourth-order valence-electron chi connectivity index (χ4n) is 4.58. The van der Waals surface area contributed by atoms with Crippen molar-refractivity contribution in [3.05, 3.63) is 81.1 Å². The first-order chi connectivity index (χ1) is 19.6. The number of hydrogen-bond donors (Lipinski definition) is 6. The zero-order valence-corrected chi connectivity index (χ0v) is 23.7. The van der Waals surface area contributed by atoms with Gasteiger partial charge in [0.25, 0.3) is 0 Å². The third kappa shape index (κ3) is 7.92. The maximum atomic E-state index is 15.0. The number of aliphatic imine (C=N–C) groups is 1. The number of fused-ring (bicyclic) bond motifs is 1. The fourth-order valence-corrected chi connectivity index (χ4v) is 4.82. The minimum absolute atomic E-state index is 0.0191. The lowest BCUT2D eigenvalue weighted by molar-refractivity contribution is 0.236. The van der Waals surface area contributed by atoms with Gasteiger partial charge in [0.15, 0.2) is 11.8 Å². The van der Waals surface area contributed by atoms with Crippen molar-refractivity contribution in [3.8, 4) is 16.9 Å². The number of nitrogens with zero attached hydrogens (tertiary/aromatic N) is 3. The van der Waals surface area contributed by atoms with E-state index in [2.05, 4.69) is 20.3 Å². The number of nitrogens with one attached hydrogen (secondary N) is 2. The minimum Gasteiger partial charge on any atom is -0.395 e. The van der Waals surface area contributed by atoms with Crippen LogP contribution in [0.3, 0.4) is 0 Å². The molecule has 0 bridgehead atoms. The Labute approximate surface area is 242 Å².